The van der Waals surface area contributed by atoms with Gasteiger partial charge in [-0.3, -0.25) is 4.79 Å². The summed E-state index contributed by atoms with van der Waals surface area (Å²) in [5, 5.41) is 12.1. The zero-order valence-electron chi connectivity index (χ0n) is 11.3. The Morgan fingerprint density at radius 2 is 2.15 bits per heavy atom. The smallest absolute Gasteiger partial charge is 0.338 e. The molecule has 6 heteroatoms. The van der Waals surface area contributed by atoms with Crippen LogP contribution in [0.25, 0.3) is 0 Å². The number of hydrogen-bond acceptors (Lipinski definition) is 4. The van der Waals surface area contributed by atoms with Crippen LogP contribution < -0.4 is 5.32 Å². The summed E-state index contributed by atoms with van der Waals surface area (Å²) in [7, 11) is 0. The number of carboxylic acid groups (broad SMARTS) is 1. The van der Waals surface area contributed by atoms with Crippen LogP contribution >= 0.6 is 11.8 Å². The van der Waals surface area contributed by atoms with Gasteiger partial charge >= 0.3 is 5.97 Å². The number of carbonyl (C=O) groups is 2. The van der Waals surface area contributed by atoms with Gasteiger partial charge in [0.1, 0.15) is 5.03 Å². The van der Waals surface area contributed by atoms with Crippen LogP contribution in [-0.2, 0) is 4.79 Å². The summed E-state index contributed by atoms with van der Waals surface area (Å²) in [6.45, 7) is 1.77. The molecule has 1 amide bonds. The first-order chi connectivity index (χ1) is 9.58. The van der Waals surface area contributed by atoms with Gasteiger partial charge in [-0.25, -0.2) is 9.78 Å². The number of nitrogens with zero attached hydrogens (tertiary/aromatic N) is 1. The van der Waals surface area contributed by atoms with Crippen LogP contribution in [0.1, 0.15) is 43.0 Å². The van der Waals surface area contributed by atoms with Crippen LogP contribution in [0.4, 0.5) is 0 Å². The molecule has 0 aliphatic heterocycles. The average Bonchev–Trinajstić information content (AvgIpc) is 2.91. The molecular weight excluding hydrogens is 276 g/mol. The van der Waals surface area contributed by atoms with Gasteiger partial charge in [0.2, 0.25) is 5.91 Å². The first kappa shape index (κ1) is 14.8. The molecule has 1 aliphatic carbocycles. The molecule has 0 saturated heterocycles. The summed E-state index contributed by atoms with van der Waals surface area (Å²) in [6, 6.07) is 3.35. The Balaban J connectivity index is 1.98. The number of aromatic carboxylic acids is 1. The molecule has 1 aromatic heterocycles. The van der Waals surface area contributed by atoms with Crippen LogP contribution in [0.2, 0.25) is 0 Å². The minimum Gasteiger partial charge on any atom is -0.478 e. The number of hydrogen-bond donors (Lipinski definition) is 2. The Morgan fingerprint density at radius 1 is 1.45 bits per heavy atom. The monoisotopic (exact) mass is 294 g/mol. The highest BCUT2D eigenvalue weighted by Gasteiger charge is 2.23. The second-order valence-electron chi connectivity index (χ2n) is 4.91. The largest absolute Gasteiger partial charge is 0.478 e. The first-order valence-corrected chi connectivity index (χ1v) is 7.61. The van der Waals surface area contributed by atoms with E-state index in [1.165, 1.54) is 24.0 Å². The van der Waals surface area contributed by atoms with E-state index >= 15 is 0 Å². The lowest BCUT2D eigenvalue weighted by Crippen LogP contribution is -2.37. The molecule has 1 aliphatic rings. The molecule has 0 spiro atoms. The molecule has 1 unspecified atom stereocenters. The fourth-order valence-electron chi connectivity index (χ4n) is 2.26. The van der Waals surface area contributed by atoms with Crippen LogP contribution in [0, 0.1) is 0 Å². The fraction of sp³-hybridized carbons (Fsp3) is 0.500. The van der Waals surface area contributed by atoms with Crippen molar-refractivity contribution < 1.29 is 14.7 Å². The molecule has 5 nitrogen and oxygen atoms in total. The number of carbonyl (C=O) groups excluding carboxylic acids is 1. The van der Waals surface area contributed by atoms with E-state index in [-0.39, 0.29) is 22.8 Å². The van der Waals surface area contributed by atoms with Crippen molar-refractivity contribution in [2.24, 2.45) is 0 Å². The van der Waals surface area contributed by atoms with Gasteiger partial charge in [-0.2, -0.15) is 0 Å². The Morgan fingerprint density at radius 3 is 2.80 bits per heavy atom. The molecule has 0 radical (unpaired) electrons. The quantitative estimate of drug-likeness (QED) is 0.815. The standard InChI is InChI=1S/C14H18N2O3S/c1-9(12(17)16-10-5-2-3-6-10)20-13-11(14(18)19)7-4-8-15-13/h4,7-10H,2-3,5-6H2,1H3,(H,16,17)(H,18,19). The molecular formula is C14H18N2O3S. The van der Waals surface area contributed by atoms with Crippen molar-refractivity contribution in [3.8, 4) is 0 Å². The van der Waals surface area contributed by atoms with Crippen molar-refractivity contribution in [1.29, 1.82) is 0 Å². The fourth-order valence-corrected chi connectivity index (χ4v) is 3.17. The van der Waals surface area contributed by atoms with Gasteiger partial charge in [-0.05, 0) is 31.9 Å². The molecule has 2 N–H and O–H groups in total. The van der Waals surface area contributed by atoms with Crippen molar-refractivity contribution in [3.05, 3.63) is 23.9 Å². The number of nitrogens with one attached hydrogen (secondary N) is 1. The molecule has 2 rings (SSSR count). The van der Waals surface area contributed by atoms with E-state index in [4.69, 9.17) is 5.11 Å². The molecule has 1 fully saturated rings. The second kappa shape index (κ2) is 6.74. The zero-order chi connectivity index (χ0) is 14.5. The predicted octanol–water partition coefficient (Wildman–Crippen LogP) is 2.32. The summed E-state index contributed by atoms with van der Waals surface area (Å²) in [5.74, 6) is -1.08. The highest BCUT2D eigenvalue weighted by atomic mass is 32.2. The minimum absolute atomic E-state index is 0.0520. The molecule has 20 heavy (non-hydrogen) atoms. The van der Waals surface area contributed by atoms with E-state index in [0.717, 1.165) is 25.7 Å². The second-order valence-corrected chi connectivity index (χ2v) is 6.24. The van der Waals surface area contributed by atoms with E-state index in [1.807, 2.05) is 0 Å². The number of thioether (sulfide) groups is 1. The highest BCUT2D eigenvalue weighted by Crippen LogP contribution is 2.25. The number of amides is 1. The Kier molecular flexibility index (Phi) is 5.00. The van der Waals surface area contributed by atoms with Gasteiger partial charge in [-0.15, -0.1) is 0 Å². The molecule has 1 heterocycles. The molecule has 0 aromatic carbocycles. The Labute approximate surface area is 122 Å². The van der Waals surface area contributed by atoms with Crippen molar-refractivity contribution in [2.45, 2.75) is 48.9 Å². The number of aromatic nitrogens is 1. The van der Waals surface area contributed by atoms with Crippen LogP contribution in [0.15, 0.2) is 23.4 Å². The van der Waals surface area contributed by atoms with Crippen molar-refractivity contribution in [2.75, 3.05) is 0 Å². The minimum atomic E-state index is -1.02. The third-order valence-electron chi connectivity index (χ3n) is 3.36. The summed E-state index contributed by atoms with van der Waals surface area (Å²) in [6.07, 6.45) is 5.93. The molecule has 1 aromatic rings. The van der Waals surface area contributed by atoms with Gasteiger partial charge < -0.3 is 10.4 Å². The van der Waals surface area contributed by atoms with E-state index < -0.39 is 5.97 Å². The van der Waals surface area contributed by atoms with Crippen molar-refractivity contribution >= 4 is 23.6 Å². The van der Waals surface area contributed by atoms with Crippen LogP contribution in [0.5, 0.6) is 0 Å². The van der Waals surface area contributed by atoms with E-state index in [0.29, 0.717) is 5.03 Å². The number of pyridine rings is 1. The van der Waals surface area contributed by atoms with E-state index in [9.17, 15) is 9.59 Å². The lowest BCUT2D eigenvalue weighted by Gasteiger charge is -2.16. The summed E-state index contributed by atoms with van der Waals surface area (Å²) in [4.78, 5) is 27.2. The Hall–Kier alpha value is -1.56. The normalized spacial score (nSPS) is 16.9. The first-order valence-electron chi connectivity index (χ1n) is 6.73. The maximum absolute atomic E-state index is 12.1. The lowest BCUT2D eigenvalue weighted by atomic mass is 10.2. The lowest BCUT2D eigenvalue weighted by molar-refractivity contribution is -0.120. The predicted molar refractivity (Wildman–Crippen MR) is 76.9 cm³/mol. The summed E-state index contributed by atoms with van der Waals surface area (Å²) in [5.41, 5.74) is 0.137. The third kappa shape index (κ3) is 3.72. The van der Waals surface area contributed by atoms with Gasteiger partial charge in [-0.1, -0.05) is 24.6 Å². The van der Waals surface area contributed by atoms with Crippen LogP contribution in [-0.4, -0.2) is 33.3 Å². The Bertz CT molecular complexity index is 501. The van der Waals surface area contributed by atoms with E-state index in [2.05, 4.69) is 10.3 Å². The van der Waals surface area contributed by atoms with Gasteiger partial charge in [0.15, 0.2) is 0 Å². The maximum Gasteiger partial charge on any atom is 0.338 e. The maximum atomic E-state index is 12.1. The topological polar surface area (TPSA) is 79.3 Å². The molecule has 108 valence electrons. The van der Waals surface area contributed by atoms with Gasteiger partial charge in [0, 0.05) is 12.2 Å². The van der Waals surface area contributed by atoms with Crippen molar-refractivity contribution in [3.63, 3.8) is 0 Å². The summed E-state index contributed by atoms with van der Waals surface area (Å²) >= 11 is 1.19. The van der Waals surface area contributed by atoms with Gasteiger partial charge in [0.25, 0.3) is 0 Å². The zero-order valence-corrected chi connectivity index (χ0v) is 12.2. The molecule has 0 bridgehead atoms. The number of rotatable bonds is 5. The molecule has 1 atom stereocenters. The highest BCUT2D eigenvalue weighted by molar-refractivity contribution is 8.00. The van der Waals surface area contributed by atoms with E-state index in [1.54, 1.807) is 13.0 Å². The van der Waals surface area contributed by atoms with Crippen LogP contribution in [0.3, 0.4) is 0 Å². The molecule has 1 saturated carbocycles. The third-order valence-corrected chi connectivity index (χ3v) is 4.48. The number of carboxylic acids is 1. The van der Waals surface area contributed by atoms with Gasteiger partial charge in [0.05, 0.1) is 10.8 Å². The SMILES string of the molecule is CC(Sc1ncccc1C(=O)O)C(=O)NC1CCCC1. The average molecular weight is 294 g/mol. The summed E-state index contributed by atoms with van der Waals surface area (Å²) < 4.78 is 0. The van der Waals surface area contributed by atoms with Crippen molar-refractivity contribution in [1.82, 2.24) is 10.3 Å².